The van der Waals surface area contributed by atoms with E-state index in [9.17, 15) is 9.59 Å². The summed E-state index contributed by atoms with van der Waals surface area (Å²) in [6.45, 7) is 2.37. The maximum atomic E-state index is 13.8. The van der Waals surface area contributed by atoms with Gasteiger partial charge in [-0.1, -0.05) is 66.7 Å². The maximum Gasteiger partial charge on any atom is 0.407 e. The molecule has 188 valence electrons. The Labute approximate surface area is 211 Å². The minimum absolute atomic E-state index is 0.122. The molecule has 1 aliphatic heterocycles. The lowest BCUT2D eigenvalue weighted by Crippen LogP contribution is -2.48. The van der Waals surface area contributed by atoms with Crippen molar-refractivity contribution in [2.75, 3.05) is 32.1 Å². The Morgan fingerprint density at radius 2 is 1.75 bits per heavy atom. The van der Waals surface area contributed by atoms with E-state index in [2.05, 4.69) is 20.9 Å². The van der Waals surface area contributed by atoms with Crippen molar-refractivity contribution in [1.82, 2.24) is 15.6 Å². The molecule has 4 rings (SSSR count). The standard InChI is InChI=1S/C28H32N4O4/c1-35-28(34)31-25(24(20-9-4-2-5-10-20)21-11-6-3-7-12-21)27(33)32-26-22(13-8-16-30-26)14-15-23-19-29-17-18-36-23/h2-13,16,23-25,29H,14-15,17-19H2,1H3,(H,31,34)(H,30,32,33)/t23-,25+/m1/s1. The van der Waals surface area contributed by atoms with Crippen LogP contribution in [0, 0.1) is 0 Å². The highest BCUT2D eigenvalue weighted by molar-refractivity contribution is 5.97. The number of methoxy groups -OCH3 is 1. The van der Waals surface area contributed by atoms with Crippen LogP contribution in [0.5, 0.6) is 0 Å². The van der Waals surface area contributed by atoms with E-state index in [1.807, 2.05) is 72.8 Å². The number of aryl methyl sites for hydroxylation is 1. The molecule has 8 nitrogen and oxygen atoms in total. The molecule has 0 spiro atoms. The zero-order valence-corrected chi connectivity index (χ0v) is 20.4. The summed E-state index contributed by atoms with van der Waals surface area (Å²) in [4.78, 5) is 30.5. The fourth-order valence-electron chi connectivity index (χ4n) is 4.45. The van der Waals surface area contributed by atoms with Gasteiger partial charge in [-0.15, -0.1) is 0 Å². The van der Waals surface area contributed by atoms with Crippen LogP contribution in [0.3, 0.4) is 0 Å². The summed E-state index contributed by atoms with van der Waals surface area (Å²) < 4.78 is 10.7. The van der Waals surface area contributed by atoms with Crippen molar-refractivity contribution in [3.63, 3.8) is 0 Å². The van der Waals surface area contributed by atoms with E-state index >= 15 is 0 Å². The third-order valence-electron chi connectivity index (χ3n) is 6.26. The van der Waals surface area contributed by atoms with Crippen LogP contribution >= 0.6 is 0 Å². The Morgan fingerprint density at radius 3 is 2.36 bits per heavy atom. The first-order valence-electron chi connectivity index (χ1n) is 12.2. The van der Waals surface area contributed by atoms with Gasteiger partial charge in [0.2, 0.25) is 5.91 Å². The van der Waals surface area contributed by atoms with Gasteiger partial charge in [0.05, 0.1) is 19.8 Å². The molecule has 1 fully saturated rings. The fourth-order valence-corrected chi connectivity index (χ4v) is 4.45. The predicted molar refractivity (Wildman–Crippen MR) is 138 cm³/mol. The molecule has 3 aromatic rings. The van der Waals surface area contributed by atoms with Crippen LogP contribution < -0.4 is 16.0 Å². The van der Waals surface area contributed by atoms with E-state index in [1.165, 1.54) is 7.11 Å². The van der Waals surface area contributed by atoms with E-state index < -0.39 is 18.1 Å². The van der Waals surface area contributed by atoms with E-state index in [1.54, 1.807) is 6.20 Å². The predicted octanol–water partition coefficient (Wildman–Crippen LogP) is 3.50. The van der Waals surface area contributed by atoms with Gasteiger partial charge in [0.1, 0.15) is 11.9 Å². The van der Waals surface area contributed by atoms with Gasteiger partial charge in [-0.3, -0.25) is 4.79 Å². The summed E-state index contributed by atoms with van der Waals surface area (Å²) >= 11 is 0. The molecule has 0 saturated carbocycles. The number of alkyl carbamates (subject to hydrolysis) is 1. The quantitative estimate of drug-likeness (QED) is 0.426. The van der Waals surface area contributed by atoms with Crippen molar-refractivity contribution in [3.05, 3.63) is 95.7 Å². The second-order valence-corrected chi connectivity index (χ2v) is 8.65. The Morgan fingerprint density at radius 1 is 1.06 bits per heavy atom. The monoisotopic (exact) mass is 488 g/mol. The topological polar surface area (TPSA) is 102 Å². The summed E-state index contributed by atoms with van der Waals surface area (Å²) in [5, 5.41) is 9.07. The SMILES string of the molecule is COC(=O)N[C@H](C(=O)Nc1ncccc1CC[C@@H]1CNCCO1)C(c1ccccc1)c1ccccc1. The number of rotatable bonds is 9. The molecular formula is C28H32N4O4. The minimum atomic E-state index is -0.942. The number of amides is 2. The second kappa shape index (κ2) is 12.8. The number of morpholine rings is 1. The largest absolute Gasteiger partial charge is 0.453 e. The van der Waals surface area contributed by atoms with Gasteiger partial charge < -0.3 is 25.4 Å². The molecule has 0 bridgehead atoms. The molecule has 0 radical (unpaired) electrons. The number of anilines is 1. The van der Waals surface area contributed by atoms with Gasteiger partial charge in [0.25, 0.3) is 0 Å². The van der Waals surface area contributed by atoms with Crippen molar-refractivity contribution < 1.29 is 19.1 Å². The molecule has 2 aromatic carbocycles. The van der Waals surface area contributed by atoms with Crippen LogP contribution in [0.1, 0.15) is 29.0 Å². The first-order valence-corrected chi connectivity index (χ1v) is 12.2. The highest BCUT2D eigenvalue weighted by Gasteiger charge is 2.33. The average molecular weight is 489 g/mol. The van der Waals surface area contributed by atoms with Gasteiger partial charge in [0, 0.05) is 25.2 Å². The van der Waals surface area contributed by atoms with Crippen LogP contribution in [0.25, 0.3) is 0 Å². The molecule has 2 heterocycles. The highest BCUT2D eigenvalue weighted by atomic mass is 16.5. The highest BCUT2D eigenvalue weighted by Crippen LogP contribution is 2.29. The normalized spacial score (nSPS) is 16.2. The lowest BCUT2D eigenvalue weighted by molar-refractivity contribution is -0.118. The zero-order valence-electron chi connectivity index (χ0n) is 20.4. The van der Waals surface area contributed by atoms with Gasteiger partial charge >= 0.3 is 6.09 Å². The number of ether oxygens (including phenoxy) is 2. The summed E-state index contributed by atoms with van der Waals surface area (Å²) in [7, 11) is 1.28. The Hall–Kier alpha value is -3.75. The van der Waals surface area contributed by atoms with E-state index in [4.69, 9.17) is 9.47 Å². The Bertz CT molecular complexity index is 1080. The summed E-state index contributed by atoms with van der Waals surface area (Å²) in [6, 6.07) is 22.1. The number of carbonyl (C=O) groups excluding carboxylic acids is 2. The van der Waals surface area contributed by atoms with Crippen LogP contribution in [-0.2, 0) is 20.7 Å². The number of hydrogen-bond acceptors (Lipinski definition) is 6. The summed E-state index contributed by atoms with van der Waals surface area (Å²) in [5.74, 6) is -0.350. The molecule has 0 unspecified atom stereocenters. The Kier molecular flexibility index (Phi) is 9.02. The lowest BCUT2D eigenvalue weighted by Gasteiger charge is -2.28. The van der Waals surface area contributed by atoms with Crippen LogP contribution in [0.15, 0.2) is 79.0 Å². The third-order valence-corrected chi connectivity index (χ3v) is 6.26. The molecule has 1 aromatic heterocycles. The molecule has 1 saturated heterocycles. The van der Waals surface area contributed by atoms with E-state index in [-0.39, 0.29) is 12.0 Å². The first kappa shape index (κ1) is 25.3. The smallest absolute Gasteiger partial charge is 0.407 e. The molecule has 2 atom stereocenters. The third kappa shape index (κ3) is 6.68. The zero-order chi connectivity index (χ0) is 25.2. The second-order valence-electron chi connectivity index (χ2n) is 8.65. The van der Waals surface area contributed by atoms with Gasteiger partial charge in [-0.2, -0.15) is 0 Å². The van der Waals surface area contributed by atoms with Gasteiger partial charge in [-0.05, 0) is 35.6 Å². The average Bonchev–Trinajstić information content (AvgIpc) is 2.94. The number of nitrogens with zero attached hydrogens (tertiary/aromatic N) is 1. The summed E-state index contributed by atoms with van der Waals surface area (Å²) in [6.07, 6.45) is 2.59. The molecule has 2 amide bonds. The number of aromatic nitrogens is 1. The van der Waals surface area contributed by atoms with Crippen LogP contribution in [0.2, 0.25) is 0 Å². The molecule has 3 N–H and O–H groups in total. The lowest BCUT2D eigenvalue weighted by atomic mass is 9.84. The maximum absolute atomic E-state index is 13.8. The van der Waals surface area contributed by atoms with Crippen molar-refractivity contribution >= 4 is 17.8 Å². The van der Waals surface area contributed by atoms with Crippen LogP contribution in [-0.4, -0.2) is 55.9 Å². The fraction of sp³-hybridized carbons (Fsp3) is 0.321. The summed E-state index contributed by atoms with van der Waals surface area (Å²) in [5.41, 5.74) is 2.69. The molecule has 8 heteroatoms. The minimum Gasteiger partial charge on any atom is -0.453 e. The van der Waals surface area contributed by atoms with E-state index in [0.717, 1.165) is 36.2 Å². The molecule has 0 aliphatic carbocycles. The van der Waals surface area contributed by atoms with Crippen molar-refractivity contribution in [2.45, 2.75) is 30.9 Å². The molecule has 1 aliphatic rings. The number of nitrogens with one attached hydrogen (secondary N) is 3. The van der Waals surface area contributed by atoms with Crippen molar-refractivity contribution in [3.8, 4) is 0 Å². The number of benzene rings is 2. The van der Waals surface area contributed by atoms with Crippen molar-refractivity contribution in [1.29, 1.82) is 0 Å². The van der Waals surface area contributed by atoms with Gasteiger partial charge in [0.15, 0.2) is 0 Å². The number of pyridine rings is 1. The first-order chi connectivity index (χ1) is 17.7. The van der Waals surface area contributed by atoms with Crippen molar-refractivity contribution in [2.24, 2.45) is 0 Å². The van der Waals surface area contributed by atoms with E-state index in [0.29, 0.717) is 18.8 Å². The molecular weight excluding hydrogens is 456 g/mol. The Balaban J connectivity index is 1.60. The van der Waals surface area contributed by atoms with Crippen LogP contribution in [0.4, 0.5) is 10.6 Å². The molecule has 36 heavy (non-hydrogen) atoms. The van der Waals surface area contributed by atoms with Gasteiger partial charge in [-0.25, -0.2) is 9.78 Å². The number of hydrogen-bond donors (Lipinski definition) is 3. The number of carbonyl (C=O) groups is 2.